The molecule has 0 amide bonds. The number of hydrogen-bond donors (Lipinski definition) is 1. The van der Waals surface area contributed by atoms with Gasteiger partial charge < -0.3 is 10.3 Å². The smallest absolute Gasteiger partial charge is 0.115 e. The van der Waals surface area contributed by atoms with Crippen molar-refractivity contribution in [1.82, 2.24) is 9.55 Å². The monoisotopic (exact) mass is 245 g/mol. The highest BCUT2D eigenvalue weighted by molar-refractivity contribution is 5.77. The van der Waals surface area contributed by atoms with E-state index in [1.807, 2.05) is 13.8 Å². The van der Waals surface area contributed by atoms with Crippen molar-refractivity contribution in [1.29, 1.82) is 0 Å². The lowest BCUT2D eigenvalue weighted by Crippen LogP contribution is -2.28. The van der Waals surface area contributed by atoms with Crippen molar-refractivity contribution >= 4 is 11.0 Å². The molecule has 0 saturated carbocycles. The van der Waals surface area contributed by atoms with E-state index in [9.17, 15) is 0 Å². The van der Waals surface area contributed by atoms with Crippen LogP contribution in [-0.2, 0) is 18.0 Å². The zero-order chi connectivity index (χ0) is 13.7. The van der Waals surface area contributed by atoms with Crippen LogP contribution in [0, 0.1) is 0 Å². The number of aryl methyl sites for hydroxylation is 1. The molecule has 1 heterocycles. The topological polar surface area (TPSA) is 43.8 Å². The zero-order valence-corrected chi connectivity index (χ0v) is 12.2. The molecule has 0 bridgehead atoms. The Kier molecular flexibility index (Phi) is 2.78. The third-order valence-electron chi connectivity index (χ3n) is 3.30. The van der Waals surface area contributed by atoms with Gasteiger partial charge in [0.05, 0.1) is 11.0 Å². The molecule has 0 saturated heterocycles. The molecule has 2 rings (SSSR count). The van der Waals surface area contributed by atoms with Gasteiger partial charge in [-0.2, -0.15) is 0 Å². The largest absolute Gasteiger partial charge is 0.331 e. The first kappa shape index (κ1) is 13.1. The van der Waals surface area contributed by atoms with Gasteiger partial charge in [0.15, 0.2) is 0 Å². The van der Waals surface area contributed by atoms with Crippen molar-refractivity contribution in [2.45, 2.75) is 45.6 Å². The molecule has 0 atom stereocenters. The van der Waals surface area contributed by atoms with E-state index in [0.717, 1.165) is 22.4 Å². The average molecular weight is 245 g/mol. The number of aromatic nitrogens is 2. The molecule has 2 aromatic rings. The van der Waals surface area contributed by atoms with Crippen LogP contribution in [0.4, 0.5) is 0 Å². The maximum absolute atomic E-state index is 6.16. The molecule has 0 radical (unpaired) electrons. The van der Waals surface area contributed by atoms with Crippen molar-refractivity contribution < 1.29 is 0 Å². The highest BCUT2D eigenvalue weighted by Crippen LogP contribution is 2.27. The third-order valence-corrected chi connectivity index (χ3v) is 3.30. The minimum absolute atomic E-state index is 0.0478. The van der Waals surface area contributed by atoms with Crippen molar-refractivity contribution in [3.63, 3.8) is 0 Å². The van der Waals surface area contributed by atoms with Gasteiger partial charge in [-0.05, 0) is 31.5 Å². The molecule has 0 aliphatic rings. The molecule has 98 valence electrons. The van der Waals surface area contributed by atoms with Crippen molar-refractivity contribution in [2.75, 3.05) is 0 Å². The summed E-state index contributed by atoms with van der Waals surface area (Å²) in [6.45, 7) is 10.6. The zero-order valence-electron chi connectivity index (χ0n) is 12.2. The van der Waals surface area contributed by atoms with Crippen LogP contribution in [0.2, 0.25) is 0 Å². The number of rotatable bonds is 1. The van der Waals surface area contributed by atoms with Gasteiger partial charge in [-0.15, -0.1) is 0 Å². The van der Waals surface area contributed by atoms with E-state index in [4.69, 9.17) is 10.7 Å². The van der Waals surface area contributed by atoms with Gasteiger partial charge in [0.25, 0.3) is 0 Å². The fraction of sp³-hybridized carbons (Fsp3) is 0.533. The van der Waals surface area contributed by atoms with Gasteiger partial charge in [-0.3, -0.25) is 0 Å². The second-order valence-corrected chi connectivity index (χ2v) is 6.67. The molecule has 0 fully saturated rings. The summed E-state index contributed by atoms with van der Waals surface area (Å²) in [4.78, 5) is 4.73. The lowest BCUT2D eigenvalue weighted by Gasteiger charge is -2.19. The number of fused-ring (bicyclic) bond motifs is 1. The number of imidazole rings is 1. The number of benzene rings is 1. The minimum atomic E-state index is -0.319. The fourth-order valence-corrected chi connectivity index (χ4v) is 2.26. The summed E-state index contributed by atoms with van der Waals surface area (Å²) < 4.78 is 2.17. The highest BCUT2D eigenvalue weighted by atomic mass is 15.1. The lowest BCUT2D eigenvalue weighted by atomic mass is 9.95. The summed E-state index contributed by atoms with van der Waals surface area (Å²) in [5.41, 5.74) is 9.21. The van der Waals surface area contributed by atoms with Crippen LogP contribution in [0.1, 0.15) is 46.0 Å². The second kappa shape index (κ2) is 3.82. The molecule has 1 aromatic heterocycles. The van der Waals surface area contributed by atoms with E-state index in [-0.39, 0.29) is 11.0 Å². The van der Waals surface area contributed by atoms with E-state index in [2.05, 4.69) is 50.6 Å². The molecular weight excluding hydrogens is 222 g/mol. The Morgan fingerprint density at radius 1 is 1.11 bits per heavy atom. The number of nitrogens with zero attached hydrogens (tertiary/aromatic N) is 2. The minimum Gasteiger partial charge on any atom is -0.331 e. The Labute approximate surface area is 109 Å². The van der Waals surface area contributed by atoms with Gasteiger partial charge >= 0.3 is 0 Å². The van der Waals surface area contributed by atoms with E-state index in [1.54, 1.807) is 0 Å². The third kappa shape index (κ3) is 2.15. The van der Waals surface area contributed by atoms with Crippen LogP contribution in [0.5, 0.6) is 0 Å². The normalized spacial score (nSPS) is 13.3. The van der Waals surface area contributed by atoms with E-state index in [0.29, 0.717) is 0 Å². The van der Waals surface area contributed by atoms with E-state index in [1.165, 1.54) is 0 Å². The molecule has 3 heteroatoms. The van der Waals surface area contributed by atoms with Crippen LogP contribution in [0.3, 0.4) is 0 Å². The molecule has 2 N–H and O–H groups in total. The fourth-order valence-electron chi connectivity index (χ4n) is 2.26. The van der Waals surface area contributed by atoms with Gasteiger partial charge in [0, 0.05) is 18.0 Å². The van der Waals surface area contributed by atoms with Crippen LogP contribution in [-0.4, -0.2) is 9.55 Å². The van der Waals surface area contributed by atoms with Crippen molar-refractivity contribution in [3.05, 3.63) is 29.6 Å². The summed E-state index contributed by atoms with van der Waals surface area (Å²) in [5, 5.41) is 0. The average Bonchev–Trinajstić information content (AvgIpc) is 2.54. The second-order valence-electron chi connectivity index (χ2n) is 6.67. The summed E-state index contributed by atoms with van der Waals surface area (Å²) in [6.07, 6.45) is 0. The molecule has 0 unspecified atom stereocenters. The first-order valence-electron chi connectivity index (χ1n) is 6.37. The molecule has 1 aromatic carbocycles. The summed E-state index contributed by atoms with van der Waals surface area (Å²) >= 11 is 0. The predicted molar refractivity (Wildman–Crippen MR) is 76.6 cm³/mol. The maximum Gasteiger partial charge on any atom is 0.115 e. The van der Waals surface area contributed by atoms with Crippen molar-refractivity contribution in [3.8, 4) is 0 Å². The number of hydrogen-bond acceptors (Lipinski definition) is 2. The number of nitrogens with two attached hydrogens (primary N) is 1. The molecule has 0 aliphatic heterocycles. The molecule has 18 heavy (non-hydrogen) atoms. The Balaban J connectivity index is 2.68. The van der Waals surface area contributed by atoms with Gasteiger partial charge in [0.2, 0.25) is 0 Å². The Morgan fingerprint density at radius 3 is 2.22 bits per heavy atom. The molecular formula is C15H23N3. The first-order valence-corrected chi connectivity index (χ1v) is 6.37. The lowest BCUT2D eigenvalue weighted by molar-refractivity contribution is 0.526. The Morgan fingerprint density at radius 2 is 1.72 bits per heavy atom. The Bertz CT molecular complexity index is 580. The SMILES string of the molecule is Cn1c(C(C)(C)C)nc2ccc(C(C)(C)N)cc21. The molecule has 3 nitrogen and oxygen atoms in total. The Hall–Kier alpha value is -1.35. The van der Waals surface area contributed by atoms with Crippen LogP contribution in [0.25, 0.3) is 11.0 Å². The van der Waals surface area contributed by atoms with Crippen molar-refractivity contribution in [2.24, 2.45) is 12.8 Å². The summed E-state index contributed by atoms with van der Waals surface area (Å²) in [5.74, 6) is 1.10. The first-order chi connectivity index (χ1) is 8.10. The standard InChI is InChI=1S/C15H23N3/c1-14(2,3)13-17-11-8-7-10(15(4,5)16)9-12(11)18(13)6/h7-9H,16H2,1-6H3. The molecule has 0 spiro atoms. The van der Waals surface area contributed by atoms with Gasteiger partial charge in [-0.25, -0.2) is 4.98 Å². The predicted octanol–water partition coefficient (Wildman–Crippen LogP) is 3.06. The maximum atomic E-state index is 6.16. The summed E-state index contributed by atoms with van der Waals surface area (Å²) in [6, 6.07) is 6.29. The van der Waals surface area contributed by atoms with E-state index >= 15 is 0 Å². The van der Waals surface area contributed by atoms with Crippen LogP contribution >= 0.6 is 0 Å². The quantitative estimate of drug-likeness (QED) is 0.839. The van der Waals surface area contributed by atoms with Gasteiger partial charge in [-0.1, -0.05) is 26.8 Å². The van der Waals surface area contributed by atoms with E-state index < -0.39 is 0 Å². The van der Waals surface area contributed by atoms with Gasteiger partial charge in [0.1, 0.15) is 5.82 Å². The van der Waals surface area contributed by atoms with Crippen LogP contribution in [0.15, 0.2) is 18.2 Å². The summed E-state index contributed by atoms with van der Waals surface area (Å²) in [7, 11) is 2.07. The molecule has 0 aliphatic carbocycles. The van der Waals surface area contributed by atoms with Crippen LogP contribution < -0.4 is 5.73 Å². The highest BCUT2D eigenvalue weighted by Gasteiger charge is 2.22.